The Balaban J connectivity index is 1.81. The van der Waals surface area contributed by atoms with Crippen molar-refractivity contribution >= 4 is 11.9 Å². The van der Waals surface area contributed by atoms with E-state index in [1.54, 1.807) is 0 Å². The SMILES string of the molecule is CCC1(CNc2nc(NN)nc(-n3cncn3)n2)CC1. The van der Waals surface area contributed by atoms with Gasteiger partial charge in [-0.25, -0.2) is 10.8 Å². The Kier molecular flexibility index (Phi) is 3.18. The lowest BCUT2D eigenvalue weighted by Gasteiger charge is -2.14. The van der Waals surface area contributed by atoms with Gasteiger partial charge in [-0.15, -0.1) is 0 Å². The predicted molar refractivity (Wildman–Crippen MR) is 73.0 cm³/mol. The molecule has 20 heavy (non-hydrogen) atoms. The third-order valence-corrected chi connectivity index (χ3v) is 3.70. The van der Waals surface area contributed by atoms with Crippen LogP contribution >= 0.6 is 0 Å². The maximum absolute atomic E-state index is 5.39. The number of anilines is 2. The summed E-state index contributed by atoms with van der Waals surface area (Å²) in [6.07, 6.45) is 6.60. The van der Waals surface area contributed by atoms with Gasteiger partial charge in [0.2, 0.25) is 11.9 Å². The molecule has 9 nitrogen and oxygen atoms in total. The molecule has 0 atom stereocenters. The van der Waals surface area contributed by atoms with Crippen molar-refractivity contribution in [3.63, 3.8) is 0 Å². The molecule has 0 aromatic carbocycles. The zero-order valence-electron chi connectivity index (χ0n) is 11.2. The lowest BCUT2D eigenvalue weighted by molar-refractivity contribution is 0.519. The van der Waals surface area contributed by atoms with E-state index in [1.807, 2.05) is 0 Å². The van der Waals surface area contributed by atoms with Gasteiger partial charge in [-0.2, -0.15) is 24.7 Å². The van der Waals surface area contributed by atoms with Crippen LogP contribution in [0.1, 0.15) is 26.2 Å². The number of hydrazine groups is 1. The number of nitrogen functional groups attached to an aromatic ring is 1. The normalized spacial score (nSPS) is 15.9. The van der Waals surface area contributed by atoms with E-state index in [0.717, 1.165) is 13.0 Å². The van der Waals surface area contributed by atoms with E-state index in [0.29, 0.717) is 17.3 Å². The van der Waals surface area contributed by atoms with Crippen molar-refractivity contribution < 1.29 is 0 Å². The maximum Gasteiger partial charge on any atom is 0.258 e. The van der Waals surface area contributed by atoms with Crippen molar-refractivity contribution in [2.75, 3.05) is 17.3 Å². The molecule has 3 rings (SSSR count). The number of nitrogens with two attached hydrogens (primary N) is 1. The van der Waals surface area contributed by atoms with Gasteiger partial charge in [0.1, 0.15) is 12.7 Å². The van der Waals surface area contributed by atoms with Crippen LogP contribution in [-0.4, -0.2) is 36.3 Å². The first-order valence-electron chi connectivity index (χ1n) is 6.56. The van der Waals surface area contributed by atoms with Crippen molar-refractivity contribution in [1.82, 2.24) is 29.7 Å². The van der Waals surface area contributed by atoms with Crippen molar-refractivity contribution in [3.8, 4) is 5.95 Å². The van der Waals surface area contributed by atoms with Gasteiger partial charge < -0.3 is 5.32 Å². The average molecular weight is 275 g/mol. The second-order valence-corrected chi connectivity index (χ2v) is 4.97. The molecule has 9 heteroatoms. The highest BCUT2D eigenvalue weighted by Gasteiger charge is 2.40. The molecule has 1 aliphatic rings. The number of nitrogens with one attached hydrogen (secondary N) is 2. The quantitative estimate of drug-likeness (QED) is 0.510. The van der Waals surface area contributed by atoms with Gasteiger partial charge in [0, 0.05) is 6.54 Å². The molecule has 2 aromatic rings. The molecule has 0 amide bonds. The van der Waals surface area contributed by atoms with Crippen LogP contribution in [0.5, 0.6) is 0 Å². The van der Waals surface area contributed by atoms with Crippen molar-refractivity contribution in [2.24, 2.45) is 11.3 Å². The zero-order valence-corrected chi connectivity index (χ0v) is 11.2. The second-order valence-electron chi connectivity index (χ2n) is 4.97. The molecule has 0 radical (unpaired) electrons. The largest absolute Gasteiger partial charge is 0.353 e. The summed E-state index contributed by atoms with van der Waals surface area (Å²) in [6.45, 7) is 3.06. The Bertz CT molecular complexity index is 576. The van der Waals surface area contributed by atoms with E-state index in [9.17, 15) is 0 Å². The van der Waals surface area contributed by atoms with Crippen LogP contribution in [0, 0.1) is 5.41 Å². The fourth-order valence-corrected chi connectivity index (χ4v) is 2.02. The highest BCUT2D eigenvalue weighted by atomic mass is 15.4. The number of rotatable bonds is 6. The number of hydrogen-bond acceptors (Lipinski definition) is 8. The van der Waals surface area contributed by atoms with Crippen molar-refractivity contribution in [1.29, 1.82) is 0 Å². The molecular weight excluding hydrogens is 258 g/mol. The first-order chi connectivity index (χ1) is 9.74. The molecule has 2 heterocycles. The molecule has 0 spiro atoms. The summed E-state index contributed by atoms with van der Waals surface area (Å²) >= 11 is 0. The van der Waals surface area contributed by atoms with E-state index in [-0.39, 0.29) is 5.95 Å². The summed E-state index contributed by atoms with van der Waals surface area (Å²) in [6, 6.07) is 0. The summed E-state index contributed by atoms with van der Waals surface area (Å²) in [5.41, 5.74) is 2.83. The maximum atomic E-state index is 5.39. The Labute approximate surface area is 116 Å². The highest BCUT2D eigenvalue weighted by Crippen LogP contribution is 2.48. The van der Waals surface area contributed by atoms with Crippen LogP contribution in [0.4, 0.5) is 11.9 Å². The van der Waals surface area contributed by atoms with Crippen LogP contribution in [0.15, 0.2) is 12.7 Å². The molecule has 106 valence electrons. The molecular formula is C11H17N9. The Morgan fingerprint density at radius 1 is 1.30 bits per heavy atom. The first kappa shape index (κ1) is 12.7. The summed E-state index contributed by atoms with van der Waals surface area (Å²) in [5, 5.41) is 7.25. The summed E-state index contributed by atoms with van der Waals surface area (Å²) in [7, 11) is 0. The third kappa shape index (κ3) is 2.52. The summed E-state index contributed by atoms with van der Waals surface area (Å²) < 4.78 is 1.46. The minimum absolute atomic E-state index is 0.286. The molecule has 0 aliphatic heterocycles. The van der Waals surface area contributed by atoms with E-state index in [1.165, 1.54) is 30.2 Å². The Hall–Kier alpha value is -2.29. The molecule has 0 saturated heterocycles. The van der Waals surface area contributed by atoms with E-state index < -0.39 is 0 Å². The van der Waals surface area contributed by atoms with Gasteiger partial charge in [0.15, 0.2) is 0 Å². The smallest absolute Gasteiger partial charge is 0.258 e. The van der Waals surface area contributed by atoms with Gasteiger partial charge in [-0.1, -0.05) is 6.92 Å². The zero-order chi connectivity index (χ0) is 14.0. The van der Waals surface area contributed by atoms with Crippen molar-refractivity contribution in [3.05, 3.63) is 12.7 Å². The Morgan fingerprint density at radius 3 is 2.70 bits per heavy atom. The first-order valence-corrected chi connectivity index (χ1v) is 6.56. The van der Waals surface area contributed by atoms with Crippen LogP contribution in [0.3, 0.4) is 0 Å². The Morgan fingerprint density at radius 2 is 2.10 bits per heavy atom. The molecule has 0 unspecified atom stereocenters. The van der Waals surface area contributed by atoms with Gasteiger partial charge in [0.25, 0.3) is 5.95 Å². The lowest BCUT2D eigenvalue weighted by atomic mass is 10.0. The predicted octanol–water partition coefficient (Wildman–Crippen LogP) is 0.340. The average Bonchev–Trinajstić information content (AvgIpc) is 3.06. The molecule has 2 aromatic heterocycles. The standard InChI is InChI=1S/C11H17N9/c1-2-11(3-4-11)5-14-8-16-9(19-12)18-10(17-8)20-7-13-6-15-20/h6-7H,2-5,12H2,1H3,(H2,14,16,17,18,19). The summed E-state index contributed by atoms with van der Waals surface area (Å²) in [5.74, 6) is 6.53. The minimum atomic E-state index is 0.286. The van der Waals surface area contributed by atoms with Gasteiger partial charge >= 0.3 is 0 Å². The molecule has 1 saturated carbocycles. The molecule has 0 bridgehead atoms. The highest BCUT2D eigenvalue weighted by molar-refractivity contribution is 5.37. The molecule has 1 aliphatic carbocycles. The van der Waals surface area contributed by atoms with Crippen LogP contribution in [0.25, 0.3) is 5.95 Å². The minimum Gasteiger partial charge on any atom is -0.353 e. The van der Waals surface area contributed by atoms with Gasteiger partial charge in [0.05, 0.1) is 0 Å². The lowest BCUT2D eigenvalue weighted by Crippen LogP contribution is -2.19. The van der Waals surface area contributed by atoms with Crippen LogP contribution < -0.4 is 16.6 Å². The summed E-state index contributed by atoms with van der Waals surface area (Å²) in [4.78, 5) is 16.5. The van der Waals surface area contributed by atoms with Crippen molar-refractivity contribution in [2.45, 2.75) is 26.2 Å². The fraction of sp³-hybridized carbons (Fsp3) is 0.545. The van der Waals surface area contributed by atoms with E-state index in [4.69, 9.17) is 5.84 Å². The number of hydrogen-bond donors (Lipinski definition) is 3. The third-order valence-electron chi connectivity index (χ3n) is 3.70. The van der Waals surface area contributed by atoms with Gasteiger partial charge in [-0.3, -0.25) is 5.43 Å². The van der Waals surface area contributed by atoms with Gasteiger partial charge in [-0.05, 0) is 24.7 Å². The second kappa shape index (κ2) is 5.00. The van der Waals surface area contributed by atoms with Crippen LogP contribution in [-0.2, 0) is 0 Å². The van der Waals surface area contributed by atoms with Crippen LogP contribution in [0.2, 0.25) is 0 Å². The molecule has 4 N–H and O–H groups in total. The van der Waals surface area contributed by atoms with E-state index >= 15 is 0 Å². The van der Waals surface area contributed by atoms with E-state index in [2.05, 4.69) is 42.7 Å². The molecule has 1 fully saturated rings. The number of nitrogens with zero attached hydrogens (tertiary/aromatic N) is 6. The monoisotopic (exact) mass is 275 g/mol. The topological polar surface area (TPSA) is 119 Å². The number of aromatic nitrogens is 6. The fourth-order valence-electron chi connectivity index (χ4n) is 2.02.